The Hall–Kier alpha value is -3.88. The lowest BCUT2D eigenvalue weighted by Crippen LogP contribution is -2.29. The molecule has 1 aliphatic rings. The Balaban J connectivity index is 1.39. The number of aliphatic carboxylic acids is 1. The monoisotopic (exact) mass is 479 g/mol. The number of rotatable bonds is 8. The van der Waals surface area contributed by atoms with Gasteiger partial charge < -0.3 is 24.4 Å². The summed E-state index contributed by atoms with van der Waals surface area (Å²) in [5, 5.41) is 16.1. The van der Waals surface area contributed by atoms with Crippen LogP contribution >= 0.6 is 0 Å². The number of carbonyl (C=O) groups excluding carboxylic acids is 1. The van der Waals surface area contributed by atoms with E-state index in [1.165, 1.54) is 0 Å². The second-order valence-electron chi connectivity index (χ2n) is 8.77. The summed E-state index contributed by atoms with van der Waals surface area (Å²) < 4.78 is 16.9. The Morgan fingerprint density at radius 1 is 1.20 bits per heavy atom. The van der Waals surface area contributed by atoms with Crippen molar-refractivity contribution in [1.82, 2.24) is 15.5 Å². The first kappa shape index (κ1) is 24.3. The van der Waals surface area contributed by atoms with Crippen LogP contribution in [0.1, 0.15) is 48.1 Å². The van der Waals surface area contributed by atoms with Crippen LogP contribution in [0.2, 0.25) is 0 Å². The van der Waals surface area contributed by atoms with Crippen LogP contribution < -0.4 is 10.1 Å². The van der Waals surface area contributed by atoms with Crippen LogP contribution in [-0.2, 0) is 22.7 Å². The lowest BCUT2D eigenvalue weighted by molar-refractivity contribution is -0.143. The van der Waals surface area contributed by atoms with Gasteiger partial charge in [-0.25, -0.2) is 9.78 Å². The number of nitrogens with zero attached hydrogens (tertiary/aromatic N) is 2. The van der Waals surface area contributed by atoms with Crippen molar-refractivity contribution < 1.29 is 28.7 Å². The largest absolute Gasteiger partial charge is 0.489 e. The standard InChI is InChI=1S/C26H29N3O6/c1-16-11-22(27-14-23(16)34-20-10-6-9-19(12-20)25(30)31)24-21(17(2)29-35-24)13-28-26(32)33-15-18-7-4-3-5-8-18/h3-5,7-8,11,14,19-20H,6,9-10,12-13,15H2,1-2H3,(H,28,32)(H,30,31)/t19-,20?/m0/s1. The van der Waals surface area contributed by atoms with E-state index in [0.29, 0.717) is 41.3 Å². The van der Waals surface area contributed by atoms with Crippen LogP contribution in [0, 0.1) is 19.8 Å². The minimum Gasteiger partial charge on any atom is -0.489 e. The molecule has 0 saturated heterocycles. The van der Waals surface area contributed by atoms with E-state index in [0.717, 1.165) is 24.0 Å². The summed E-state index contributed by atoms with van der Waals surface area (Å²) >= 11 is 0. The van der Waals surface area contributed by atoms with Gasteiger partial charge in [0.2, 0.25) is 0 Å². The number of carboxylic acid groups (broad SMARTS) is 1. The van der Waals surface area contributed by atoms with E-state index in [9.17, 15) is 14.7 Å². The number of ether oxygens (including phenoxy) is 2. The minimum absolute atomic E-state index is 0.148. The van der Waals surface area contributed by atoms with E-state index < -0.39 is 12.1 Å². The summed E-state index contributed by atoms with van der Waals surface area (Å²) in [4.78, 5) is 28.0. The highest BCUT2D eigenvalue weighted by molar-refractivity contribution is 5.70. The van der Waals surface area contributed by atoms with Crippen LogP contribution in [0.5, 0.6) is 5.75 Å². The summed E-state index contributed by atoms with van der Waals surface area (Å²) in [6.45, 7) is 4.06. The number of hydrogen-bond donors (Lipinski definition) is 2. The molecule has 1 saturated carbocycles. The number of carbonyl (C=O) groups is 2. The van der Waals surface area contributed by atoms with Crippen LogP contribution in [-0.4, -0.2) is 33.4 Å². The molecule has 1 aliphatic carbocycles. The fraction of sp³-hybridized carbons (Fsp3) is 0.385. The Bertz CT molecular complexity index is 1180. The quantitative estimate of drug-likeness (QED) is 0.472. The number of nitrogens with one attached hydrogen (secondary N) is 1. The summed E-state index contributed by atoms with van der Waals surface area (Å²) in [5.74, 6) is -0.0588. The predicted octanol–water partition coefficient (Wildman–Crippen LogP) is 4.80. The molecule has 1 unspecified atom stereocenters. The molecular formula is C26H29N3O6. The van der Waals surface area contributed by atoms with Crippen LogP contribution in [0.15, 0.2) is 47.1 Å². The van der Waals surface area contributed by atoms with Crippen molar-refractivity contribution >= 4 is 12.1 Å². The lowest BCUT2D eigenvalue weighted by Gasteiger charge is -2.27. The molecule has 4 rings (SSSR count). The van der Waals surface area contributed by atoms with Gasteiger partial charge in [0.25, 0.3) is 0 Å². The molecule has 0 spiro atoms. The SMILES string of the molecule is Cc1cc(-c2onc(C)c2CNC(=O)OCc2ccccc2)ncc1OC1CCC[C@H](C(=O)O)C1. The number of pyridine rings is 1. The third kappa shape index (κ3) is 6.17. The predicted molar refractivity (Wildman–Crippen MR) is 127 cm³/mol. The van der Waals surface area contributed by atoms with Gasteiger partial charge in [-0.1, -0.05) is 35.5 Å². The number of carboxylic acids is 1. The third-order valence-corrected chi connectivity index (χ3v) is 6.17. The average Bonchev–Trinajstić information content (AvgIpc) is 3.23. The van der Waals surface area contributed by atoms with Crippen molar-refractivity contribution in [3.05, 3.63) is 65.0 Å². The fourth-order valence-corrected chi connectivity index (χ4v) is 4.18. The van der Waals surface area contributed by atoms with E-state index in [2.05, 4.69) is 15.5 Å². The van der Waals surface area contributed by atoms with Crippen LogP contribution in [0.4, 0.5) is 4.79 Å². The number of amides is 1. The molecule has 0 radical (unpaired) electrons. The highest BCUT2D eigenvalue weighted by Crippen LogP contribution is 2.32. The van der Waals surface area contributed by atoms with Gasteiger partial charge in [0.05, 0.1) is 30.5 Å². The Kier molecular flexibility index (Phi) is 7.64. The molecule has 0 bridgehead atoms. The number of aryl methyl sites for hydroxylation is 2. The maximum Gasteiger partial charge on any atom is 0.407 e. The fourth-order valence-electron chi connectivity index (χ4n) is 4.18. The van der Waals surface area contributed by atoms with Gasteiger partial charge in [-0.2, -0.15) is 0 Å². The summed E-state index contributed by atoms with van der Waals surface area (Å²) in [6.07, 6.45) is 3.76. The Morgan fingerprint density at radius 2 is 2.00 bits per heavy atom. The number of aromatic nitrogens is 2. The van der Waals surface area contributed by atoms with E-state index in [-0.39, 0.29) is 25.2 Å². The highest BCUT2D eigenvalue weighted by atomic mass is 16.5. The third-order valence-electron chi connectivity index (χ3n) is 6.17. The number of benzene rings is 1. The number of alkyl carbamates (subject to hydrolysis) is 1. The van der Waals surface area contributed by atoms with E-state index in [1.807, 2.05) is 43.3 Å². The van der Waals surface area contributed by atoms with Crippen molar-refractivity contribution in [2.24, 2.45) is 5.92 Å². The zero-order valence-corrected chi connectivity index (χ0v) is 19.8. The molecule has 35 heavy (non-hydrogen) atoms. The van der Waals surface area contributed by atoms with Crippen molar-refractivity contribution in [3.8, 4) is 17.2 Å². The zero-order chi connectivity index (χ0) is 24.8. The summed E-state index contributed by atoms with van der Waals surface area (Å²) in [5.41, 5.74) is 3.67. The lowest BCUT2D eigenvalue weighted by atomic mass is 9.87. The van der Waals surface area contributed by atoms with Crippen LogP contribution in [0.25, 0.3) is 11.5 Å². The molecule has 3 aromatic rings. The van der Waals surface area contributed by atoms with Gasteiger partial charge >= 0.3 is 12.1 Å². The first-order chi connectivity index (χ1) is 16.9. The molecule has 2 aromatic heterocycles. The van der Waals surface area contributed by atoms with Crippen LogP contribution in [0.3, 0.4) is 0 Å². The summed E-state index contributed by atoms with van der Waals surface area (Å²) in [7, 11) is 0. The Morgan fingerprint density at radius 3 is 2.74 bits per heavy atom. The smallest absolute Gasteiger partial charge is 0.407 e. The van der Waals surface area contributed by atoms with E-state index in [1.54, 1.807) is 13.1 Å². The van der Waals surface area contributed by atoms with Crippen molar-refractivity contribution in [2.45, 2.75) is 58.8 Å². The second-order valence-corrected chi connectivity index (χ2v) is 8.77. The van der Waals surface area contributed by atoms with Gasteiger partial charge in [-0.15, -0.1) is 0 Å². The zero-order valence-electron chi connectivity index (χ0n) is 19.8. The molecule has 9 heteroatoms. The normalized spacial score (nSPS) is 17.5. The molecule has 2 atom stereocenters. The minimum atomic E-state index is -0.769. The van der Waals surface area contributed by atoms with Crippen molar-refractivity contribution in [1.29, 1.82) is 0 Å². The molecule has 0 aliphatic heterocycles. The van der Waals surface area contributed by atoms with Gasteiger partial charge in [-0.3, -0.25) is 4.79 Å². The van der Waals surface area contributed by atoms with E-state index >= 15 is 0 Å². The molecule has 9 nitrogen and oxygen atoms in total. The van der Waals surface area contributed by atoms with Crippen molar-refractivity contribution in [3.63, 3.8) is 0 Å². The molecule has 184 valence electrons. The molecule has 2 heterocycles. The van der Waals surface area contributed by atoms with Gasteiger partial charge in [0, 0.05) is 5.56 Å². The van der Waals surface area contributed by atoms with Crippen molar-refractivity contribution in [2.75, 3.05) is 0 Å². The molecule has 1 aromatic carbocycles. The molecule has 2 N–H and O–H groups in total. The first-order valence-electron chi connectivity index (χ1n) is 11.7. The topological polar surface area (TPSA) is 124 Å². The van der Waals surface area contributed by atoms with E-state index in [4.69, 9.17) is 14.0 Å². The molecular weight excluding hydrogens is 450 g/mol. The van der Waals surface area contributed by atoms with Gasteiger partial charge in [0.15, 0.2) is 5.76 Å². The Labute approximate surface area is 203 Å². The van der Waals surface area contributed by atoms with Gasteiger partial charge in [0.1, 0.15) is 18.1 Å². The average molecular weight is 480 g/mol. The molecule has 1 amide bonds. The maximum atomic E-state index is 12.2. The first-order valence-corrected chi connectivity index (χ1v) is 11.7. The second kappa shape index (κ2) is 11.0. The highest BCUT2D eigenvalue weighted by Gasteiger charge is 2.28. The summed E-state index contributed by atoms with van der Waals surface area (Å²) in [6, 6.07) is 11.3. The molecule has 1 fully saturated rings. The maximum absolute atomic E-state index is 12.2. The van der Waals surface area contributed by atoms with Gasteiger partial charge in [-0.05, 0) is 56.7 Å². The number of hydrogen-bond acceptors (Lipinski definition) is 7.